The zero-order chi connectivity index (χ0) is 14.7. The maximum absolute atomic E-state index is 12.2. The number of anilines is 1. The average Bonchev–Trinajstić information content (AvgIpc) is 2.81. The first kappa shape index (κ1) is 14.6. The van der Waals surface area contributed by atoms with E-state index in [1.165, 1.54) is 0 Å². The molecule has 1 heterocycles. The predicted octanol–water partition coefficient (Wildman–Crippen LogP) is 2.18. The molecular formula is C16H22N2O2. The van der Waals surface area contributed by atoms with E-state index in [-0.39, 0.29) is 17.7 Å². The fourth-order valence-corrected chi connectivity index (χ4v) is 2.54. The molecule has 0 spiro atoms. The van der Waals surface area contributed by atoms with E-state index in [9.17, 15) is 9.59 Å². The van der Waals surface area contributed by atoms with Crippen LogP contribution < -0.4 is 10.2 Å². The Morgan fingerprint density at radius 2 is 2.15 bits per heavy atom. The van der Waals surface area contributed by atoms with Crippen LogP contribution in [0.1, 0.15) is 30.9 Å². The van der Waals surface area contributed by atoms with Gasteiger partial charge >= 0.3 is 0 Å². The molecule has 1 fully saturated rings. The minimum Gasteiger partial charge on any atom is -0.356 e. The second-order valence-electron chi connectivity index (χ2n) is 5.42. The Labute approximate surface area is 120 Å². The highest BCUT2D eigenvalue weighted by Gasteiger charge is 2.35. The molecule has 0 unspecified atom stereocenters. The number of nitrogens with zero attached hydrogens (tertiary/aromatic N) is 1. The Hall–Kier alpha value is -1.84. The van der Waals surface area contributed by atoms with Crippen LogP contribution in [-0.2, 0) is 9.59 Å². The molecule has 2 rings (SSSR count). The molecule has 1 aromatic carbocycles. The second-order valence-corrected chi connectivity index (χ2v) is 5.42. The summed E-state index contributed by atoms with van der Waals surface area (Å²) in [5, 5.41) is 2.88. The minimum absolute atomic E-state index is 0.00648. The van der Waals surface area contributed by atoms with E-state index in [1.807, 2.05) is 39.0 Å². The van der Waals surface area contributed by atoms with Gasteiger partial charge in [0, 0.05) is 25.2 Å². The summed E-state index contributed by atoms with van der Waals surface area (Å²) in [6, 6.07) is 5.94. The lowest BCUT2D eigenvalue weighted by Crippen LogP contribution is -2.33. The van der Waals surface area contributed by atoms with E-state index in [0.717, 1.165) is 23.2 Å². The molecule has 0 aliphatic carbocycles. The first-order valence-corrected chi connectivity index (χ1v) is 7.19. The fourth-order valence-electron chi connectivity index (χ4n) is 2.54. The molecule has 4 nitrogen and oxygen atoms in total. The Kier molecular flexibility index (Phi) is 4.42. The van der Waals surface area contributed by atoms with Gasteiger partial charge in [0.05, 0.1) is 5.92 Å². The lowest BCUT2D eigenvalue weighted by atomic mass is 10.1. The van der Waals surface area contributed by atoms with Gasteiger partial charge in [-0.2, -0.15) is 0 Å². The monoisotopic (exact) mass is 274 g/mol. The van der Waals surface area contributed by atoms with Crippen LogP contribution in [0.3, 0.4) is 0 Å². The first-order valence-electron chi connectivity index (χ1n) is 7.19. The van der Waals surface area contributed by atoms with Gasteiger partial charge in [-0.25, -0.2) is 0 Å². The number of rotatable bonds is 4. The number of benzene rings is 1. The van der Waals surface area contributed by atoms with Crippen LogP contribution in [0.5, 0.6) is 0 Å². The number of hydrogen-bond donors (Lipinski definition) is 1. The maximum atomic E-state index is 12.2. The summed E-state index contributed by atoms with van der Waals surface area (Å²) < 4.78 is 0. The van der Waals surface area contributed by atoms with E-state index in [4.69, 9.17) is 0 Å². The third-order valence-electron chi connectivity index (χ3n) is 3.91. The summed E-state index contributed by atoms with van der Waals surface area (Å²) in [4.78, 5) is 25.9. The van der Waals surface area contributed by atoms with E-state index in [1.54, 1.807) is 4.90 Å². The Balaban J connectivity index is 2.13. The maximum Gasteiger partial charge on any atom is 0.227 e. The Morgan fingerprint density at radius 3 is 2.85 bits per heavy atom. The quantitative estimate of drug-likeness (QED) is 0.915. The van der Waals surface area contributed by atoms with Gasteiger partial charge in [0.1, 0.15) is 0 Å². The minimum atomic E-state index is -0.228. The van der Waals surface area contributed by atoms with Gasteiger partial charge in [-0.1, -0.05) is 19.1 Å². The van der Waals surface area contributed by atoms with E-state index < -0.39 is 0 Å². The van der Waals surface area contributed by atoms with Gasteiger partial charge in [-0.05, 0) is 37.5 Å². The molecule has 1 aliphatic heterocycles. The molecular weight excluding hydrogens is 252 g/mol. The number of carbonyl (C=O) groups excluding carboxylic acids is 2. The number of nitrogens with one attached hydrogen (secondary N) is 1. The van der Waals surface area contributed by atoms with Crippen molar-refractivity contribution in [3.63, 3.8) is 0 Å². The Morgan fingerprint density at radius 1 is 1.40 bits per heavy atom. The summed E-state index contributed by atoms with van der Waals surface area (Å²) >= 11 is 0. The van der Waals surface area contributed by atoms with Gasteiger partial charge in [-0.15, -0.1) is 0 Å². The smallest absolute Gasteiger partial charge is 0.227 e. The highest BCUT2D eigenvalue weighted by molar-refractivity contribution is 6.00. The van der Waals surface area contributed by atoms with Crippen molar-refractivity contribution in [3.05, 3.63) is 29.3 Å². The number of carbonyl (C=O) groups is 2. The van der Waals surface area contributed by atoms with Crippen molar-refractivity contribution in [2.45, 2.75) is 33.6 Å². The van der Waals surface area contributed by atoms with Crippen LogP contribution in [-0.4, -0.2) is 24.9 Å². The highest BCUT2D eigenvalue weighted by atomic mass is 16.2. The molecule has 0 bridgehead atoms. The molecule has 0 saturated carbocycles. The first-order chi connectivity index (χ1) is 9.54. The van der Waals surface area contributed by atoms with Crippen molar-refractivity contribution in [3.8, 4) is 0 Å². The molecule has 0 aromatic heterocycles. The third-order valence-corrected chi connectivity index (χ3v) is 3.91. The topological polar surface area (TPSA) is 49.4 Å². The molecule has 1 N–H and O–H groups in total. The fraction of sp³-hybridized carbons (Fsp3) is 0.500. The van der Waals surface area contributed by atoms with Crippen molar-refractivity contribution in [1.29, 1.82) is 0 Å². The molecule has 1 atom stereocenters. The van der Waals surface area contributed by atoms with Crippen LogP contribution in [0.4, 0.5) is 5.69 Å². The molecule has 0 radical (unpaired) electrons. The molecule has 1 saturated heterocycles. The van der Waals surface area contributed by atoms with Gasteiger partial charge in [-0.3, -0.25) is 9.59 Å². The van der Waals surface area contributed by atoms with Crippen LogP contribution in [0.25, 0.3) is 0 Å². The summed E-state index contributed by atoms with van der Waals surface area (Å²) in [5.41, 5.74) is 3.20. The number of aryl methyl sites for hydroxylation is 1. The van der Waals surface area contributed by atoms with Crippen LogP contribution in [0.15, 0.2) is 18.2 Å². The lowest BCUT2D eigenvalue weighted by molar-refractivity contribution is -0.126. The van der Waals surface area contributed by atoms with E-state index in [0.29, 0.717) is 19.5 Å². The van der Waals surface area contributed by atoms with E-state index >= 15 is 0 Å². The normalized spacial score (nSPS) is 18.4. The number of amides is 2. The zero-order valence-corrected chi connectivity index (χ0v) is 12.4. The summed E-state index contributed by atoms with van der Waals surface area (Å²) in [6.45, 7) is 7.22. The van der Waals surface area contributed by atoms with Crippen molar-refractivity contribution in [2.75, 3.05) is 18.0 Å². The largest absolute Gasteiger partial charge is 0.356 e. The zero-order valence-electron chi connectivity index (χ0n) is 12.4. The third kappa shape index (κ3) is 2.84. The standard InChI is InChI=1S/C16H22N2O2/c1-4-8-17-16(20)13-9-15(19)18(10-13)14-7-5-6-11(2)12(14)3/h5-7,13H,4,8-10H2,1-3H3,(H,17,20)/t13-/m1/s1. The van der Waals surface area contributed by atoms with Crippen LogP contribution in [0.2, 0.25) is 0 Å². The molecule has 1 aromatic rings. The van der Waals surface area contributed by atoms with Crippen molar-refractivity contribution < 1.29 is 9.59 Å². The summed E-state index contributed by atoms with van der Waals surface area (Å²) in [6.07, 6.45) is 1.22. The molecule has 108 valence electrons. The summed E-state index contributed by atoms with van der Waals surface area (Å²) in [7, 11) is 0. The van der Waals surface area contributed by atoms with Crippen molar-refractivity contribution in [1.82, 2.24) is 5.32 Å². The van der Waals surface area contributed by atoms with Gasteiger partial charge in [0.15, 0.2) is 0 Å². The molecule has 1 aliphatic rings. The summed E-state index contributed by atoms with van der Waals surface area (Å²) in [5.74, 6) is -0.197. The van der Waals surface area contributed by atoms with Crippen molar-refractivity contribution >= 4 is 17.5 Å². The molecule has 4 heteroatoms. The number of hydrogen-bond acceptors (Lipinski definition) is 2. The average molecular weight is 274 g/mol. The van der Waals surface area contributed by atoms with Gasteiger partial charge in [0.25, 0.3) is 0 Å². The van der Waals surface area contributed by atoms with Gasteiger partial charge in [0.2, 0.25) is 11.8 Å². The van der Waals surface area contributed by atoms with Gasteiger partial charge < -0.3 is 10.2 Å². The van der Waals surface area contributed by atoms with Crippen molar-refractivity contribution in [2.24, 2.45) is 5.92 Å². The van der Waals surface area contributed by atoms with E-state index in [2.05, 4.69) is 5.32 Å². The van der Waals surface area contributed by atoms with Crippen LogP contribution >= 0.6 is 0 Å². The second kappa shape index (κ2) is 6.07. The lowest BCUT2D eigenvalue weighted by Gasteiger charge is -2.20. The molecule has 20 heavy (non-hydrogen) atoms. The highest BCUT2D eigenvalue weighted by Crippen LogP contribution is 2.29. The Bertz CT molecular complexity index is 525. The van der Waals surface area contributed by atoms with Crippen LogP contribution in [0, 0.1) is 19.8 Å². The molecule has 2 amide bonds. The SMILES string of the molecule is CCCNC(=O)[C@@H]1CC(=O)N(c2cccc(C)c2C)C1. The predicted molar refractivity (Wildman–Crippen MR) is 79.7 cm³/mol.